The molecule has 0 amide bonds. The molecule has 0 unspecified atom stereocenters. The Labute approximate surface area is 166 Å². The second-order valence-electron chi connectivity index (χ2n) is 6.36. The normalized spacial score (nSPS) is 11.9. The van der Waals surface area contributed by atoms with Crippen molar-refractivity contribution in [2.24, 2.45) is 0 Å². The first-order valence-electron chi connectivity index (χ1n) is 9.00. The molecule has 0 N–H and O–H groups in total. The maximum absolute atomic E-state index is 13.1. The molecule has 7 heteroatoms. The predicted molar refractivity (Wildman–Crippen MR) is 105 cm³/mol. The Morgan fingerprint density at radius 1 is 1.14 bits per heavy atom. The van der Waals surface area contributed by atoms with Crippen molar-refractivity contribution in [2.45, 2.75) is 19.6 Å². The number of hydrogen-bond acceptors (Lipinski definition) is 3. The third kappa shape index (κ3) is 4.80. The van der Waals surface area contributed by atoms with Gasteiger partial charge in [0.2, 0.25) is 0 Å². The van der Waals surface area contributed by atoms with Gasteiger partial charge in [0.1, 0.15) is 5.75 Å². The van der Waals surface area contributed by atoms with E-state index in [0.29, 0.717) is 17.0 Å². The summed E-state index contributed by atoms with van der Waals surface area (Å²) in [5, 5.41) is 0.847. The molecule has 1 heterocycles. The third-order valence-corrected chi connectivity index (χ3v) is 4.41. The summed E-state index contributed by atoms with van der Waals surface area (Å²) in [5.41, 5.74) is 1.28. The molecular weight excluding hydrogens is 383 g/mol. The highest BCUT2D eigenvalue weighted by molar-refractivity contribution is 5.90. The van der Waals surface area contributed by atoms with Gasteiger partial charge in [0.15, 0.2) is 0 Å². The van der Waals surface area contributed by atoms with Gasteiger partial charge in [-0.3, -0.25) is 0 Å². The van der Waals surface area contributed by atoms with Crippen LogP contribution in [0.25, 0.3) is 17.0 Å². The summed E-state index contributed by atoms with van der Waals surface area (Å²) in [6, 6.07) is 12.5. The zero-order chi connectivity index (χ0) is 21.0. The minimum atomic E-state index is -4.41. The number of methoxy groups -OCH3 is 1. The highest BCUT2D eigenvalue weighted by atomic mass is 19.4. The Hall–Kier alpha value is -3.22. The lowest BCUT2D eigenvalue weighted by atomic mass is 10.1. The summed E-state index contributed by atoms with van der Waals surface area (Å²) in [4.78, 5) is 11.7. The molecule has 4 nitrogen and oxygen atoms in total. The molecule has 2 aromatic carbocycles. The zero-order valence-corrected chi connectivity index (χ0v) is 16.0. The number of fused-ring (bicyclic) bond motifs is 1. The second-order valence-corrected chi connectivity index (χ2v) is 6.36. The highest BCUT2D eigenvalue weighted by Gasteiger charge is 2.30. The van der Waals surface area contributed by atoms with Gasteiger partial charge in [-0.15, -0.1) is 0 Å². The number of nitrogens with zero attached hydrogens (tertiary/aromatic N) is 1. The molecule has 0 aliphatic heterocycles. The van der Waals surface area contributed by atoms with Crippen LogP contribution in [0.15, 0.2) is 54.6 Å². The molecule has 0 saturated carbocycles. The SMILES string of the molecule is CCOC(=O)/C=C/c1cc2cc(OC)ccc2n1Cc1cccc(C(F)(F)F)c1. The van der Waals surface area contributed by atoms with E-state index in [1.165, 1.54) is 12.1 Å². The molecule has 0 spiro atoms. The summed E-state index contributed by atoms with van der Waals surface area (Å²) in [7, 11) is 1.56. The van der Waals surface area contributed by atoms with Crippen molar-refractivity contribution in [2.75, 3.05) is 13.7 Å². The summed E-state index contributed by atoms with van der Waals surface area (Å²) in [6.07, 6.45) is -1.51. The van der Waals surface area contributed by atoms with Gasteiger partial charge in [0.05, 0.1) is 19.3 Å². The van der Waals surface area contributed by atoms with Gasteiger partial charge in [-0.05, 0) is 55.0 Å². The van der Waals surface area contributed by atoms with Gasteiger partial charge in [-0.2, -0.15) is 13.2 Å². The molecule has 0 bridgehead atoms. The number of aromatic nitrogens is 1. The molecular formula is C22H20F3NO3. The number of esters is 1. The van der Waals surface area contributed by atoms with Crippen LogP contribution in [0.3, 0.4) is 0 Å². The van der Waals surface area contributed by atoms with Crippen molar-refractivity contribution < 1.29 is 27.4 Å². The molecule has 3 aromatic rings. The molecule has 0 fully saturated rings. The number of halogens is 3. The lowest BCUT2D eigenvalue weighted by Crippen LogP contribution is -2.07. The van der Waals surface area contributed by atoms with Crippen LogP contribution >= 0.6 is 0 Å². The maximum Gasteiger partial charge on any atom is 0.416 e. The Morgan fingerprint density at radius 3 is 2.62 bits per heavy atom. The molecule has 3 rings (SSSR count). The zero-order valence-electron chi connectivity index (χ0n) is 16.0. The van der Waals surface area contributed by atoms with Crippen LogP contribution < -0.4 is 4.74 Å². The number of benzene rings is 2. The van der Waals surface area contributed by atoms with Gasteiger partial charge >= 0.3 is 12.1 Å². The van der Waals surface area contributed by atoms with Crippen LogP contribution in [0.2, 0.25) is 0 Å². The van der Waals surface area contributed by atoms with Crippen LogP contribution in [0.4, 0.5) is 13.2 Å². The number of hydrogen-bond donors (Lipinski definition) is 0. The summed E-state index contributed by atoms with van der Waals surface area (Å²) in [6.45, 7) is 2.18. The molecule has 0 saturated heterocycles. The van der Waals surface area contributed by atoms with Gasteiger partial charge in [0.25, 0.3) is 0 Å². The van der Waals surface area contributed by atoms with Crippen LogP contribution in [-0.4, -0.2) is 24.3 Å². The summed E-state index contributed by atoms with van der Waals surface area (Å²) in [5.74, 6) is 0.176. The number of carbonyl (C=O) groups excluding carboxylic acids is 1. The van der Waals surface area contributed by atoms with E-state index < -0.39 is 17.7 Å². The fourth-order valence-corrected chi connectivity index (χ4v) is 3.08. The lowest BCUT2D eigenvalue weighted by molar-refractivity contribution is -0.138. The van der Waals surface area contributed by atoms with Crippen LogP contribution in [0.5, 0.6) is 5.75 Å². The first-order valence-corrected chi connectivity index (χ1v) is 9.00. The van der Waals surface area contributed by atoms with Gasteiger partial charge < -0.3 is 14.0 Å². The minimum Gasteiger partial charge on any atom is -0.497 e. The Balaban J connectivity index is 2.04. The largest absolute Gasteiger partial charge is 0.497 e. The predicted octanol–water partition coefficient (Wildman–Crippen LogP) is 5.29. The van der Waals surface area contributed by atoms with Gasteiger partial charge in [-0.25, -0.2) is 4.79 Å². The van der Waals surface area contributed by atoms with E-state index in [0.717, 1.165) is 23.0 Å². The van der Waals surface area contributed by atoms with Crippen molar-refractivity contribution in [1.82, 2.24) is 4.57 Å². The Bertz CT molecular complexity index is 1050. The van der Waals surface area contributed by atoms with E-state index in [1.807, 2.05) is 22.8 Å². The average Bonchev–Trinajstić information content (AvgIpc) is 3.02. The fourth-order valence-electron chi connectivity index (χ4n) is 3.08. The van der Waals surface area contributed by atoms with Crippen LogP contribution in [0, 0.1) is 0 Å². The summed E-state index contributed by atoms with van der Waals surface area (Å²) < 4.78 is 51.2. The first kappa shape index (κ1) is 20.5. The van der Waals surface area contributed by atoms with Crippen molar-refractivity contribution in [3.8, 4) is 5.75 Å². The molecule has 152 valence electrons. The van der Waals surface area contributed by atoms with Crippen molar-refractivity contribution in [1.29, 1.82) is 0 Å². The Morgan fingerprint density at radius 2 is 1.93 bits per heavy atom. The molecule has 0 aliphatic carbocycles. The Kier molecular flexibility index (Phi) is 5.96. The fraction of sp³-hybridized carbons (Fsp3) is 0.227. The van der Waals surface area contributed by atoms with E-state index in [1.54, 1.807) is 32.2 Å². The highest BCUT2D eigenvalue weighted by Crippen LogP contribution is 2.31. The van der Waals surface area contributed by atoms with E-state index in [-0.39, 0.29) is 13.2 Å². The van der Waals surface area contributed by atoms with Gasteiger partial charge in [0, 0.05) is 29.2 Å². The third-order valence-electron chi connectivity index (χ3n) is 4.41. The molecule has 0 atom stereocenters. The topological polar surface area (TPSA) is 40.5 Å². The molecule has 0 radical (unpaired) electrons. The van der Waals surface area contributed by atoms with E-state index in [9.17, 15) is 18.0 Å². The van der Waals surface area contributed by atoms with E-state index in [4.69, 9.17) is 9.47 Å². The molecule has 29 heavy (non-hydrogen) atoms. The van der Waals surface area contributed by atoms with Crippen LogP contribution in [-0.2, 0) is 22.3 Å². The maximum atomic E-state index is 13.1. The average molecular weight is 403 g/mol. The number of alkyl halides is 3. The molecule has 0 aliphatic rings. The number of carbonyl (C=O) groups is 1. The van der Waals surface area contributed by atoms with Crippen LogP contribution in [0.1, 0.15) is 23.7 Å². The minimum absolute atomic E-state index is 0.211. The first-order chi connectivity index (χ1) is 13.8. The quantitative estimate of drug-likeness (QED) is 0.415. The monoisotopic (exact) mass is 403 g/mol. The second kappa shape index (κ2) is 8.43. The standard InChI is InChI=1S/C22H20F3NO3/c1-3-29-21(27)10-7-18-12-16-13-19(28-2)8-9-20(16)26(18)14-15-5-4-6-17(11-15)22(23,24)25/h4-13H,3,14H2,1-2H3/b10-7+. The number of rotatable bonds is 6. The smallest absolute Gasteiger partial charge is 0.416 e. The van der Waals surface area contributed by atoms with Crippen molar-refractivity contribution >= 4 is 22.9 Å². The number of ether oxygens (including phenoxy) is 2. The van der Waals surface area contributed by atoms with Crippen molar-refractivity contribution in [3.05, 3.63) is 71.4 Å². The van der Waals surface area contributed by atoms with Gasteiger partial charge in [-0.1, -0.05) is 12.1 Å². The van der Waals surface area contributed by atoms with E-state index >= 15 is 0 Å². The van der Waals surface area contributed by atoms with E-state index in [2.05, 4.69) is 0 Å². The van der Waals surface area contributed by atoms with Crippen molar-refractivity contribution in [3.63, 3.8) is 0 Å². The molecule has 1 aromatic heterocycles. The lowest BCUT2D eigenvalue weighted by Gasteiger charge is -2.12. The summed E-state index contributed by atoms with van der Waals surface area (Å²) >= 11 is 0.